The molecule has 0 spiro atoms. The molecule has 3 nitrogen and oxygen atoms in total. The summed E-state index contributed by atoms with van der Waals surface area (Å²) in [6.45, 7) is 2.08. The summed E-state index contributed by atoms with van der Waals surface area (Å²) in [4.78, 5) is 12.1. The lowest BCUT2D eigenvalue weighted by Crippen LogP contribution is -2.38. The molecule has 1 aliphatic carbocycles. The quantitative estimate of drug-likeness (QED) is 0.841. The average molecular weight is 300 g/mol. The highest BCUT2D eigenvalue weighted by molar-refractivity contribution is 7.99. The van der Waals surface area contributed by atoms with E-state index >= 15 is 0 Å². The number of amides is 1. The molecule has 0 bridgehead atoms. The van der Waals surface area contributed by atoms with Gasteiger partial charge in [-0.15, -0.1) is 0 Å². The number of anilines is 1. The number of benzene rings is 1. The molecule has 1 aliphatic rings. The molecule has 1 fully saturated rings. The van der Waals surface area contributed by atoms with Gasteiger partial charge >= 0.3 is 0 Å². The van der Waals surface area contributed by atoms with Gasteiger partial charge in [0.1, 0.15) is 17.3 Å². The van der Waals surface area contributed by atoms with E-state index in [9.17, 15) is 13.6 Å². The fourth-order valence-corrected chi connectivity index (χ4v) is 3.67. The maximum atomic E-state index is 13.4. The van der Waals surface area contributed by atoms with E-state index in [2.05, 4.69) is 12.2 Å². The van der Waals surface area contributed by atoms with E-state index in [1.807, 2.05) is 11.8 Å². The van der Waals surface area contributed by atoms with Crippen molar-refractivity contribution >= 4 is 23.4 Å². The van der Waals surface area contributed by atoms with E-state index in [0.717, 1.165) is 37.1 Å². The third kappa shape index (κ3) is 3.23. The van der Waals surface area contributed by atoms with Crippen LogP contribution < -0.4 is 11.1 Å². The zero-order valence-electron chi connectivity index (χ0n) is 11.3. The number of nitrogens with one attached hydrogen (secondary N) is 1. The summed E-state index contributed by atoms with van der Waals surface area (Å²) in [7, 11) is 0. The lowest BCUT2D eigenvalue weighted by Gasteiger charge is -2.20. The molecule has 1 aromatic carbocycles. The Kier molecular flexibility index (Phi) is 4.86. The lowest BCUT2D eigenvalue weighted by atomic mass is 10.1. The van der Waals surface area contributed by atoms with Crippen molar-refractivity contribution in [1.29, 1.82) is 0 Å². The smallest absolute Gasteiger partial charge is 0.251 e. The third-order valence-corrected chi connectivity index (χ3v) is 4.82. The highest BCUT2D eigenvalue weighted by atomic mass is 32.2. The third-order valence-electron chi connectivity index (χ3n) is 3.49. The largest absolute Gasteiger partial charge is 0.394 e. The van der Waals surface area contributed by atoms with Crippen molar-refractivity contribution in [2.24, 2.45) is 0 Å². The van der Waals surface area contributed by atoms with Gasteiger partial charge in [0.15, 0.2) is 0 Å². The molecule has 3 N–H and O–H groups in total. The number of rotatable bonds is 4. The fourth-order valence-electron chi connectivity index (χ4n) is 2.47. The van der Waals surface area contributed by atoms with Gasteiger partial charge in [-0.3, -0.25) is 4.79 Å². The van der Waals surface area contributed by atoms with Gasteiger partial charge in [0.25, 0.3) is 5.91 Å². The van der Waals surface area contributed by atoms with Crippen molar-refractivity contribution in [1.82, 2.24) is 5.32 Å². The van der Waals surface area contributed by atoms with Gasteiger partial charge in [-0.25, -0.2) is 8.78 Å². The Morgan fingerprint density at radius 1 is 1.40 bits per heavy atom. The van der Waals surface area contributed by atoms with Crippen LogP contribution in [0.2, 0.25) is 0 Å². The van der Waals surface area contributed by atoms with E-state index in [4.69, 9.17) is 5.73 Å². The normalized spacial score (nSPS) is 21.9. The van der Waals surface area contributed by atoms with Crippen LogP contribution in [0.15, 0.2) is 12.1 Å². The number of nitrogen functional groups attached to an aromatic ring is 1. The second-order valence-corrected chi connectivity index (χ2v) is 6.37. The van der Waals surface area contributed by atoms with Crippen LogP contribution >= 0.6 is 11.8 Å². The van der Waals surface area contributed by atoms with Crippen molar-refractivity contribution < 1.29 is 13.6 Å². The number of carbonyl (C=O) groups excluding carboxylic acids is 1. The van der Waals surface area contributed by atoms with Crippen LogP contribution in [0.4, 0.5) is 14.5 Å². The van der Waals surface area contributed by atoms with Crippen LogP contribution in [-0.2, 0) is 0 Å². The zero-order chi connectivity index (χ0) is 14.7. The van der Waals surface area contributed by atoms with E-state index < -0.39 is 23.2 Å². The van der Waals surface area contributed by atoms with Crippen LogP contribution in [0.1, 0.15) is 36.5 Å². The van der Waals surface area contributed by atoms with Crippen LogP contribution in [0.5, 0.6) is 0 Å². The molecule has 1 aromatic rings. The van der Waals surface area contributed by atoms with Gasteiger partial charge in [-0.05, 0) is 30.7 Å². The topological polar surface area (TPSA) is 55.1 Å². The first-order chi connectivity index (χ1) is 9.52. The van der Waals surface area contributed by atoms with Gasteiger partial charge in [-0.2, -0.15) is 11.8 Å². The Morgan fingerprint density at radius 3 is 2.65 bits per heavy atom. The molecule has 1 saturated carbocycles. The first-order valence-corrected chi connectivity index (χ1v) is 7.74. The van der Waals surface area contributed by atoms with Crippen LogP contribution in [-0.4, -0.2) is 23.0 Å². The Bertz CT molecular complexity index is 487. The molecule has 0 aliphatic heterocycles. The van der Waals surface area contributed by atoms with Gasteiger partial charge < -0.3 is 11.1 Å². The van der Waals surface area contributed by atoms with Crippen LogP contribution in [0.3, 0.4) is 0 Å². The van der Waals surface area contributed by atoms with Gasteiger partial charge in [0, 0.05) is 16.9 Å². The molecular weight excluding hydrogens is 282 g/mol. The van der Waals surface area contributed by atoms with Crippen molar-refractivity contribution in [2.75, 3.05) is 11.5 Å². The molecule has 0 radical (unpaired) electrons. The molecular formula is C14H18F2N2OS. The Balaban J connectivity index is 2.08. The predicted octanol–water partition coefficient (Wildman–Crippen LogP) is 2.95. The minimum Gasteiger partial charge on any atom is -0.394 e. The summed E-state index contributed by atoms with van der Waals surface area (Å²) in [6, 6.07) is 2.02. The van der Waals surface area contributed by atoms with E-state index in [-0.39, 0.29) is 11.6 Å². The van der Waals surface area contributed by atoms with Crippen molar-refractivity contribution in [3.63, 3.8) is 0 Å². The summed E-state index contributed by atoms with van der Waals surface area (Å²) in [5, 5.41) is 3.25. The second kappa shape index (κ2) is 6.43. The average Bonchev–Trinajstić information content (AvgIpc) is 2.83. The molecule has 110 valence electrons. The van der Waals surface area contributed by atoms with Crippen LogP contribution in [0, 0.1) is 11.6 Å². The minimum absolute atomic E-state index is 0.0265. The number of thioether (sulfide) groups is 1. The molecule has 1 amide bonds. The van der Waals surface area contributed by atoms with Gasteiger partial charge in [-0.1, -0.05) is 13.3 Å². The standard InChI is InChI=1S/C14H18F2N2OS/c1-2-20-12-5-3-4-11(12)18-14(19)8-6-9(15)13(17)10(16)7-8/h6-7,11-12H,2-5,17H2,1H3,(H,18,19). The fraction of sp³-hybridized carbons (Fsp3) is 0.500. The molecule has 0 heterocycles. The number of halogens is 2. The molecule has 6 heteroatoms. The monoisotopic (exact) mass is 300 g/mol. The summed E-state index contributed by atoms with van der Waals surface area (Å²) in [5.41, 5.74) is 4.61. The Hall–Kier alpha value is -1.30. The number of nitrogens with two attached hydrogens (primary N) is 1. The summed E-state index contributed by atoms with van der Waals surface area (Å²) in [5.74, 6) is -1.26. The number of carbonyl (C=O) groups is 1. The number of hydrogen-bond donors (Lipinski definition) is 2. The van der Waals surface area contributed by atoms with E-state index in [0.29, 0.717) is 5.25 Å². The molecule has 0 aromatic heterocycles. The Morgan fingerprint density at radius 2 is 2.05 bits per heavy atom. The van der Waals surface area contributed by atoms with Crippen molar-refractivity contribution in [3.05, 3.63) is 29.3 Å². The Labute approximate surface area is 121 Å². The first kappa shape index (κ1) is 15.1. The van der Waals surface area contributed by atoms with Gasteiger partial charge in [0.2, 0.25) is 0 Å². The van der Waals surface area contributed by atoms with E-state index in [1.165, 1.54) is 0 Å². The highest BCUT2D eigenvalue weighted by Gasteiger charge is 2.29. The maximum Gasteiger partial charge on any atom is 0.251 e. The minimum atomic E-state index is -0.902. The predicted molar refractivity (Wildman–Crippen MR) is 77.8 cm³/mol. The van der Waals surface area contributed by atoms with Crippen LogP contribution in [0.25, 0.3) is 0 Å². The van der Waals surface area contributed by atoms with Crippen molar-refractivity contribution in [3.8, 4) is 0 Å². The summed E-state index contributed by atoms with van der Waals surface area (Å²) < 4.78 is 26.7. The molecule has 2 atom stereocenters. The second-order valence-electron chi connectivity index (χ2n) is 4.86. The van der Waals surface area contributed by atoms with E-state index in [1.54, 1.807) is 0 Å². The SMILES string of the molecule is CCSC1CCCC1NC(=O)c1cc(F)c(N)c(F)c1. The number of hydrogen-bond acceptors (Lipinski definition) is 3. The molecule has 2 rings (SSSR count). The maximum absolute atomic E-state index is 13.4. The van der Waals surface area contributed by atoms with Crippen molar-refractivity contribution in [2.45, 2.75) is 37.5 Å². The first-order valence-electron chi connectivity index (χ1n) is 6.70. The molecule has 2 unspecified atom stereocenters. The summed E-state index contributed by atoms with van der Waals surface area (Å²) >= 11 is 1.81. The highest BCUT2D eigenvalue weighted by Crippen LogP contribution is 2.30. The molecule has 0 saturated heterocycles. The molecule has 20 heavy (non-hydrogen) atoms. The van der Waals surface area contributed by atoms with Gasteiger partial charge in [0.05, 0.1) is 0 Å². The lowest BCUT2D eigenvalue weighted by molar-refractivity contribution is 0.0938. The summed E-state index contributed by atoms with van der Waals surface area (Å²) in [6.07, 6.45) is 3.03. The zero-order valence-corrected chi connectivity index (χ0v) is 12.1.